The number of aryl methyl sites for hydroxylation is 1. The van der Waals surface area contributed by atoms with Crippen LogP contribution in [-0.4, -0.2) is 17.7 Å². The highest BCUT2D eigenvalue weighted by Gasteiger charge is 2.00. The SMILES string of the molecule is Cc1ccc(NCC(=O)NO)cc1Cl. The van der Waals surface area contributed by atoms with Crippen LogP contribution in [0, 0.1) is 6.92 Å². The molecule has 0 aliphatic rings. The second kappa shape index (κ2) is 4.83. The Bertz CT molecular complexity index is 342. The summed E-state index contributed by atoms with van der Waals surface area (Å²) in [5.74, 6) is -0.498. The van der Waals surface area contributed by atoms with Gasteiger partial charge < -0.3 is 5.32 Å². The molecule has 5 heteroatoms. The van der Waals surface area contributed by atoms with E-state index in [1.807, 2.05) is 19.1 Å². The van der Waals surface area contributed by atoms with Crippen LogP contribution in [0.2, 0.25) is 5.02 Å². The van der Waals surface area contributed by atoms with Crippen molar-refractivity contribution in [1.29, 1.82) is 0 Å². The summed E-state index contributed by atoms with van der Waals surface area (Å²) in [5.41, 5.74) is 3.24. The largest absolute Gasteiger partial charge is 0.376 e. The van der Waals surface area contributed by atoms with Gasteiger partial charge in [0.15, 0.2) is 0 Å². The number of rotatable bonds is 3. The molecule has 1 aromatic carbocycles. The molecule has 0 aromatic heterocycles. The minimum Gasteiger partial charge on any atom is -0.376 e. The van der Waals surface area contributed by atoms with E-state index < -0.39 is 5.91 Å². The topological polar surface area (TPSA) is 61.4 Å². The molecule has 0 spiro atoms. The predicted octanol–water partition coefficient (Wildman–Crippen LogP) is 1.57. The van der Waals surface area contributed by atoms with Crippen LogP contribution in [0.3, 0.4) is 0 Å². The van der Waals surface area contributed by atoms with Gasteiger partial charge in [-0.2, -0.15) is 0 Å². The van der Waals surface area contributed by atoms with Crippen LogP contribution in [0.4, 0.5) is 5.69 Å². The maximum absolute atomic E-state index is 10.7. The van der Waals surface area contributed by atoms with Crippen LogP contribution < -0.4 is 10.8 Å². The number of benzene rings is 1. The Balaban J connectivity index is 2.60. The lowest BCUT2D eigenvalue weighted by molar-refractivity contribution is -0.127. The average Bonchev–Trinajstić information content (AvgIpc) is 2.19. The third-order valence-corrected chi connectivity index (χ3v) is 2.16. The Morgan fingerprint density at radius 3 is 2.86 bits per heavy atom. The molecule has 1 amide bonds. The second-order valence-corrected chi connectivity index (χ2v) is 3.26. The Labute approximate surface area is 86.8 Å². The number of hydrogen-bond acceptors (Lipinski definition) is 3. The van der Waals surface area contributed by atoms with Crippen molar-refractivity contribution in [3.05, 3.63) is 28.8 Å². The molecule has 3 N–H and O–H groups in total. The molecule has 0 saturated heterocycles. The Kier molecular flexibility index (Phi) is 3.73. The molecule has 0 fully saturated rings. The summed E-state index contributed by atoms with van der Waals surface area (Å²) in [6.07, 6.45) is 0. The number of amides is 1. The first kappa shape index (κ1) is 10.8. The number of halogens is 1. The quantitative estimate of drug-likeness (QED) is 0.529. The number of hydrogen-bond donors (Lipinski definition) is 3. The first-order valence-corrected chi connectivity index (χ1v) is 4.44. The monoisotopic (exact) mass is 214 g/mol. The molecule has 14 heavy (non-hydrogen) atoms. The number of nitrogens with one attached hydrogen (secondary N) is 2. The van der Waals surface area contributed by atoms with Gasteiger partial charge in [0.05, 0.1) is 6.54 Å². The summed E-state index contributed by atoms with van der Waals surface area (Å²) in [6.45, 7) is 1.91. The van der Waals surface area contributed by atoms with Crippen LogP contribution in [0.15, 0.2) is 18.2 Å². The zero-order valence-electron chi connectivity index (χ0n) is 7.67. The zero-order chi connectivity index (χ0) is 10.6. The highest BCUT2D eigenvalue weighted by atomic mass is 35.5. The summed E-state index contributed by atoms with van der Waals surface area (Å²) in [7, 11) is 0. The predicted molar refractivity (Wildman–Crippen MR) is 54.6 cm³/mol. The number of anilines is 1. The molecule has 0 heterocycles. The molecule has 1 aromatic rings. The number of carbonyl (C=O) groups is 1. The fourth-order valence-corrected chi connectivity index (χ4v) is 1.11. The fraction of sp³-hybridized carbons (Fsp3) is 0.222. The van der Waals surface area contributed by atoms with Gasteiger partial charge in [-0.1, -0.05) is 17.7 Å². The highest BCUT2D eigenvalue weighted by Crippen LogP contribution is 2.19. The van der Waals surface area contributed by atoms with Gasteiger partial charge in [0.1, 0.15) is 0 Å². The molecule has 0 aliphatic heterocycles. The van der Waals surface area contributed by atoms with Crippen molar-refractivity contribution in [2.75, 3.05) is 11.9 Å². The molecule has 0 bridgehead atoms. The zero-order valence-corrected chi connectivity index (χ0v) is 8.43. The van der Waals surface area contributed by atoms with E-state index >= 15 is 0 Å². The van der Waals surface area contributed by atoms with E-state index in [1.54, 1.807) is 6.07 Å². The number of hydroxylamine groups is 1. The van der Waals surface area contributed by atoms with Crippen molar-refractivity contribution in [1.82, 2.24) is 5.48 Å². The van der Waals surface area contributed by atoms with Crippen molar-refractivity contribution in [2.24, 2.45) is 0 Å². The molecular weight excluding hydrogens is 204 g/mol. The van der Waals surface area contributed by atoms with Crippen LogP contribution >= 0.6 is 11.6 Å². The molecule has 0 saturated carbocycles. The van der Waals surface area contributed by atoms with Gasteiger partial charge in [0.2, 0.25) is 0 Å². The minimum absolute atomic E-state index is 0.00981. The van der Waals surface area contributed by atoms with Crippen LogP contribution in [0.5, 0.6) is 0 Å². The molecule has 0 aliphatic carbocycles. The van der Waals surface area contributed by atoms with E-state index in [4.69, 9.17) is 16.8 Å². The second-order valence-electron chi connectivity index (χ2n) is 2.85. The highest BCUT2D eigenvalue weighted by molar-refractivity contribution is 6.31. The molecule has 4 nitrogen and oxygen atoms in total. The maximum atomic E-state index is 10.7. The summed E-state index contributed by atoms with van der Waals surface area (Å²) in [4.78, 5) is 10.7. The van der Waals surface area contributed by atoms with Crippen LogP contribution in [-0.2, 0) is 4.79 Å². The average molecular weight is 215 g/mol. The van der Waals surface area contributed by atoms with E-state index in [0.717, 1.165) is 11.3 Å². The van der Waals surface area contributed by atoms with Crippen molar-refractivity contribution in [2.45, 2.75) is 6.92 Å². The van der Waals surface area contributed by atoms with Crippen molar-refractivity contribution in [3.8, 4) is 0 Å². The van der Waals surface area contributed by atoms with Crippen molar-refractivity contribution in [3.63, 3.8) is 0 Å². The van der Waals surface area contributed by atoms with E-state index in [9.17, 15) is 4.79 Å². The first-order chi connectivity index (χ1) is 6.63. The summed E-state index contributed by atoms with van der Waals surface area (Å²) >= 11 is 5.87. The van der Waals surface area contributed by atoms with Gasteiger partial charge in [-0.15, -0.1) is 0 Å². The molecule has 1 rings (SSSR count). The van der Waals surface area contributed by atoms with Crippen LogP contribution in [0.1, 0.15) is 5.56 Å². The van der Waals surface area contributed by atoms with Crippen molar-refractivity contribution >= 4 is 23.2 Å². The number of carbonyl (C=O) groups excluding carboxylic acids is 1. The summed E-state index contributed by atoms with van der Waals surface area (Å²) in [6, 6.07) is 5.38. The molecule has 76 valence electrons. The van der Waals surface area contributed by atoms with E-state index in [2.05, 4.69) is 5.32 Å². The fourth-order valence-electron chi connectivity index (χ4n) is 0.925. The Morgan fingerprint density at radius 1 is 1.57 bits per heavy atom. The van der Waals surface area contributed by atoms with E-state index in [-0.39, 0.29) is 6.54 Å². The van der Waals surface area contributed by atoms with Gasteiger partial charge in [0.25, 0.3) is 5.91 Å². The van der Waals surface area contributed by atoms with Gasteiger partial charge in [0, 0.05) is 10.7 Å². The van der Waals surface area contributed by atoms with Crippen molar-refractivity contribution < 1.29 is 10.0 Å². The minimum atomic E-state index is -0.498. The Hall–Kier alpha value is -1.26. The lowest BCUT2D eigenvalue weighted by atomic mass is 10.2. The van der Waals surface area contributed by atoms with E-state index in [1.165, 1.54) is 5.48 Å². The van der Waals surface area contributed by atoms with Gasteiger partial charge in [-0.25, -0.2) is 5.48 Å². The molecule has 0 radical (unpaired) electrons. The lowest BCUT2D eigenvalue weighted by Crippen LogP contribution is -2.26. The van der Waals surface area contributed by atoms with Gasteiger partial charge in [-0.3, -0.25) is 10.0 Å². The molecule has 0 atom stereocenters. The lowest BCUT2D eigenvalue weighted by Gasteiger charge is -2.06. The molecular formula is C9H11ClN2O2. The van der Waals surface area contributed by atoms with E-state index in [0.29, 0.717) is 5.02 Å². The standard InChI is InChI=1S/C9H11ClN2O2/c1-6-2-3-7(4-8(6)10)11-5-9(13)12-14/h2-4,11,14H,5H2,1H3,(H,12,13). The van der Waals surface area contributed by atoms with Gasteiger partial charge >= 0.3 is 0 Å². The van der Waals surface area contributed by atoms with Gasteiger partial charge in [-0.05, 0) is 24.6 Å². The third-order valence-electron chi connectivity index (χ3n) is 1.75. The Morgan fingerprint density at radius 2 is 2.29 bits per heavy atom. The molecule has 0 unspecified atom stereocenters. The first-order valence-electron chi connectivity index (χ1n) is 4.06. The van der Waals surface area contributed by atoms with Crippen LogP contribution in [0.25, 0.3) is 0 Å². The summed E-state index contributed by atoms with van der Waals surface area (Å²) < 4.78 is 0. The summed E-state index contributed by atoms with van der Waals surface area (Å²) in [5, 5.41) is 11.7. The smallest absolute Gasteiger partial charge is 0.262 e. The maximum Gasteiger partial charge on any atom is 0.262 e. The third kappa shape index (κ3) is 2.90. The normalized spacial score (nSPS) is 9.64.